The largest absolute Gasteiger partial charge is 0.495 e. The number of para-hydroxylation sites is 4. The number of hydrogen-bond donors (Lipinski definition) is 6. The third-order valence-electron chi connectivity index (χ3n) is 13.3. The zero-order valence-corrected chi connectivity index (χ0v) is 47.5. The topological polar surface area (TPSA) is 238 Å². The number of anilines is 6. The van der Waals surface area contributed by atoms with E-state index in [1.54, 1.807) is 83.2 Å². The summed E-state index contributed by atoms with van der Waals surface area (Å²) >= 11 is 5.80. The summed E-state index contributed by atoms with van der Waals surface area (Å²) in [5, 5.41) is 39.8. The Morgan fingerprint density at radius 2 is 1.01 bits per heavy atom. The fourth-order valence-corrected chi connectivity index (χ4v) is 9.12. The van der Waals surface area contributed by atoms with Crippen LogP contribution in [0, 0.1) is 22.7 Å². The normalized spacial score (nSPS) is 11.8. The van der Waals surface area contributed by atoms with E-state index >= 15 is 0 Å². The van der Waals surface area contributed by atoms with Gasteiger partial charge in [0.15, 0.2) is 36.2 Å². The maximum atomic E-state index is 11.6. The molecule has 9 rings (SSSR count). The molecule has 1 aliphatic heterocycles. The van der Waals surface area contributed by atoms with Crippen LogP contribution >= 0.6 is 11.6 Å². The van der Waals surface area contributed by atoms with E-state index in [0.717, 1.165) is 65.0 Å². The van der Waals surface area contributed by atoms with Crippen LogP contribution in [0.25, 0.3) is 21.8 Å². The van der Waals surface area contributed by atoms with E-state index in [2.05, 4.69) is 58.9 Å². The average Bonchev–Trinajstić information content (AvgIpc) is 3.71. The Kier molecular flexibility index (Phi) is 21.6. The molecule has 0 spiro atoms. The molecule has 2 aromatic heterocycles. The molecule has 0 unspecified atom stereocenters. The molecule has 20 heteroatoms. The lowest BCUT2D eigenvalue weighted by atomic mass is 10.1. The van der Waals surface area contributed by atoms with Crippen LogP contribution in [-0.2, 0) is 9.59 Å². The molecule has 1 saturated heterocycles. The van der Waals surface area contributed by atoms with Crippen LogP contribution in [0.3, 0.4) is 0 Å². The maximum absolute atomic E-state index is 11.6. The predicted octanol–water partition coefficient (Wildman–Crippen LogP) is 11.9. The van der Waals surface area contributed by atoms with Crippen molar-refractivity contribution in [1.82, 2.24) is 25.5 Å². The van der Waals surface area contributed by atoms with Crippen LogP contribution in [0.1, 0.15) is 43.2 Å². The second kappa shape index (κ2) is 30.2. The molecular formula is C63H66ClN11O8. The number of amides is 2. The predicted molar refractivity (Wildman–Crippen MR) is 325 cm³/mol. The highest BCUT2D eigenvalue weighted by Gasteiger charge is 2.18. The molecule has 0 bridgehead atoms. The molecule has 0 atom stereocenters. The Labute approximate surface area is 487 Å². The van der Waals surface area contributed by atoms with Gasteiger partial charge in [-0.2, -0.15) is 10.5 Å². The van der Waals surface area contributed by atoms with Crippen LogP contribution < -0.4 is 60.3 Å². The first-order valence-corrected chi connectivity index (χ1v) is 27.7. The summed E-state index contributed by atoms with van der Waals surface area (Å²) in [6.07, 6.45) is 8.92. The Bertz CT molecular complexity index is 3570. The Hall–Kier alpha value is -9.69. The number of carbonyl (C=O) groups excluding carboxylic acids is 2. The van der Waals surface area contributed by atoms with E-state index < -0.39 is 0 Å². The number of likely N-dealkylation sites (tertiary alicyclic amines) is 1. The van der Waals surface area contributed by atoms with Gasteiger partial charge >= 0.3 is 0 Å². The van der Waals surface area contributed by atoms with Crippen LogP contribution in [0.4, 0.5) is 34.1 Å². The fraction of sp³-hybridized carbons (Fsp3) is 0.270. The maximum Gasteiger partial charge on any atom is 0.257 e. The number of halogens is 1. The number of hydrogen-bond acceptors (Lipinski definition) is 17. The van der Waals surface area contributed by atoms with E-state index in [1.165, 1.54) is 32.4 Å². The van der Waals surface area contributed by atoms with Gasteiger partial charge in [0.25, 0.3) is 11.8 Å². The van der Waals surface area contributed by atoms with Gasteiger partial charge in [0, 0.05) is 67.6 Å². The number of nitrogens with zero attached hydrogens (tertiary/aromatic N) is 5. The van der Waals surface area contributed by atoms with Crippen molar-refractivity contribution in [2.24, 2.45) is 0 Å². The minimum atomic E-state index is -0.239. The number of pyridine rings is 2. The minimum absolute atomic E-state index is 0.109. The molecule has 19 nitrogen and oxygen atoms in total. The fourth-order valence-electron chi connectivity index (χ4n) is 8.98. The van der Waals surface area contributed by atoms with Crippen molar-refractivity contribution in [3.63, 3.8) is 0 Å². The van der Waals surface area contributed by atoms with Crippen molar-refractivity contribution >= 4 is 79.3 Å². The molecule has 6 aromatic carbocycles. The van der Waals surface area contributed by atoms with Crippen molar-refractivity contribution < 1.29 is 38.0 Å². The quantitative estimate of drug-likeness (QED) is 0.0230. The molecule has 0 radical (unpaired) electrons. The summed E-state index contributed by atoms with van der Waals surface area (Å²) in [5.74, 6) is 4.47. The third kappa shape index (κ3) is 16.3. The van der Waals surface area contributed by atoms with Gasteiger partial charge in [0.05, 0.1) is 59.1 Å². The van der Waals surface area contributed by atoms with Gasteiger partial charge in [-0.15, -0.1) is 11.6 Å². The van der Waals surface area contributed by atoms with E-state index in [1.807, 2.05) is 78.9 Å². The Morgan fingerprint density at radius 1 is 0.578 bits per heavy atom. The summed E-state index contributed by atoms with van der Waals surface area (Å²) in [6, 6.07) is 41.1. The van der Waals surface area contributed by atoms with Crippen LogP contribution in [0.5, 0.6) is 46.0 Å². The molecule has 6 N–H and O–H groups in total. The summed E-state index contributed by atoms with van der Waals surface area (Å²) in [4.78, 5) is 34.7. The highest BCUT2D eigenvalue weighted by Crippen LogP contribution is 2.39. The molecule has 0 aliphatic carbocycles. The lowest BCUT2D eigenvalue weighted by molar-refractivity contribution is -0.123. The number of carbonyl (C=O) groups is 2. The number of ether oxygens (including phenoxy) is 6. The SMILES string of the molecule is CNC(=O)COc1ccccc1Oc1ccc(Nc2c(C#N)cnc3cc(NCCCCl)c(OC)cc23)cc1.CNC(=O)COc1ccccc1Oc1ccc(Nc2c(C#N)cnc3cc(NCCCN4CCCCC4)c(OC)cc23)cc1. The van der Waals surface area contributed by atoms with Gasteiger partial charge in [0.2, 0.25) is 0 Å². The molecule has 0 saturated carbocycles. The number of methoxy groups -OCH3 is 2. The van der Waals surface area contributed by atoms with Gasteiger partial charge in [-0.25, -0.2) is 0 Å². The first-order chi connectivity index (χ1) is 40.6. The smallest absolute Gasteiger partial charge is 0.257 e. The van der Waals surface area contributed by atoms with E-state index in [0.29, 0.717) is 86.4 Å². The van der Waals surface area contributed by atoms with Crippen LogP contribution in [0.15, 0.2) is 134 Å². The summed E-state index contributed by atoms with van der Waals surface area (Å²) in [6.45, 7) is 4.78. The first-order valence-electron chi connectivity index (χ1n) is 27.2. The summed E-state index contributed by atoms with van der Waals surface area (Å²) in [5.41, 5.74) is 6.74. The molecule has 3 heterocycles. The van der Waals surface area contributed by atoms with Crippen molar-refractivity contribution in [2.45, 2.75) is 32.1 Å². The summed E-state index contributed by atoms with van der Waals surface area (Å²) < 4.78 is 34.6. The monoisotopic (exact) mass is 1140 g/mol. The van der Waals surface area contributed by atoms with Gasteiger partial charge in [0.1, 0.15) is 35.1 Å². The van der Waals surface area contributed by atoms with Crippen molar-refractivity contribution in [3.8, 4) is 58.1 Å². The Morgan fingerprint density at radius 3 is 1.42 bits per heavy atom. The molecule has 1 fully saturated rings. The van der Waals surface area contributed by atoms with Gasteiger partial charge in [-0.1, -0.05) is 30.7 Å². The van der Waals surface area contributed by atoms with Gasteiger partial charge in [-0.05, 0) is 142 Å². The van der Waals surface area contributed by atoms with E-state index in [-0.39, 0.29) is 25.0 Å². The second-order valence-corrected chi connectivity index (χ2v) is 19.3. The molecule has 8 aromatic rings. The lowest BCUT2D eigenvalue weighted by Crippen LogP contribution is -2.31. The zero-order valence-electron chi connectivity index (χ0n) is 46.8. The van der Waals surface area contributed by atoms with Crippen molar-refractivity contribution in [3.05, 3.63) is 145 Å². The van der Waals surface area contributed by atoms with Crippen molar-refractivity contribution in [1.29, 1.82) is 10.5 Å². The van der Waals surface area contributed by atoms with Crippen LogP contribution in [-0.4, -0.2) is 107 Å². The highest BCUT2D eigenvalue weighted by molar-refractivity contribution is 6.17. The number of likely N-dealkylation sites (N-methyl/N-ethyl adjacent to an activating group) is 2. The lowest BCUT2D eigenvalue weighted by Gasteiger charge is -2.26. The number of piperidine rings is 1. The molecule has 83 heavy (non-hydrogen) atoms. The molecule has 2 amide bonds. The Balaban J connectivity index is 0.000000219. The average molecular weight is 1140 g/mol. The number of rotatable bonds is 25. The molecular weight excluding hydrogens is 1070 g/mol. The van der Waals surface area contributed by atoms with Crippen molar-refractivity contribution in [2.75, 3.05) is 101 Å². The standard InChI is InChI=1S/C34H38N6O4.C29H28ClN5O4/c1-36-33(41)23-43-30-9-4-5-10-31(30)44-26-13-11-25(12-14-26)39-34-24(21-35)22-38-28-20-29(32(42-2)19-27(28)34)37-15-8-18-40-16-6-3-7-17-40;1-32-28(36)18-38-25-6-3-4-7-26(25)39-21-10-8-20(9-11-21)35-29-19(16-31)17-34-23-15-24(33-13-5-12-30)27(37-2)14-22(23)29/h4-5,9-14,19-20,22,37H,3,6-8,15-18,23H2,1-2H3,(H,36,41)(H,38,39);3-4,6-11,14-15,17,33H,5,12-13,18H2,1-2H3,(H,32,36)(H,34,35). The van der Waals surface area contributed by atoms with E-state index in [4.69, 9.17) is 40.0 Å². The first kappa shape index (κ1) is 59.4. The molecule has 1 aliphatic rings. The minimum Gasteiger partial charge on any atom is -0.495 e. The summed E-state index contributed by atoms with van der Waals surface area (Å²) in [7, 11) is 6.35. The number of aromatic nitrogens is 2. The number of alkyl halides is 1. The van der Waals surface area contributed by atoms with E-state index in [9.17, 15) is 20.1 Å². The third-order valence-corrected chi connectivity index (χ3v) is 13.6. The molecule has 428 valence electrons. The number of nitrogens with one attached hydrogen (secondary N) is 6. The van der Waals surface area contributed by atoms with Gasteiger partial charge in [-0.3, -0.25) is 19.6 Å². The number of nitriles is 2. The number of fused-ring (bicyclic) bond motifs is 2. The van der Waals surface area contributed by atoms with Gasteiger partial charge < -0.3 is 65.2 Å². The highest BCUT2D eigenvalue weighted by atomic mass is 35.5. The number of benzene rings is 6. The van der Waals surface area contributed by atoms with Crippen LogP contribution in [0.2, 0.25) is 0 Å². The zero-order chi connectivity index (χ0) is 58.3. The second-order valence-electron chi connectivity index (χ2n) is 18.9.